The minimum atomic E-state index is -1.17. The lowest BCUT2D eigenvalue weighted by molar-refractivity contribution is -0.156. The van der Waals surface area contributed by atoms with Crippen molar-refractivity contribution < 1.29 is 29.0 Å². The predicted molar refractivity (Wildman–Crippen MR) is 144 cm³/mol. The fourth-order valence-electron chi connectivity index (χ4n) is 6.75. The molecule has 1 spiro atoms. The summed E-state index contributed by atoms with van der Waals surface area (Å²) in [5.41, 5.74) is 1.45. The van der Waals surface area contributed by atoms with Crippen molar-refractivity contribution in [1.82, 2.24) is 4.90 Å². The minimum Gasteiger partial charge on any atom is -0.465 e. The summed E-state index contributed by atoms with van der Waals surface area (Å²) in [6.45, 7) is 15.4. The van der Waals surface area contributed by atoms with Gasteiger partial charge in [0.1, 0.15) is 11.6 Å². The number of benzene rings is 1. The number of anilines is 1. The molecule has 1 N–H and O–H groups in total. The van der Waals surface area contributed by atoms with Crippen molar-refractivity contribution in [3.8, 4) is 0 Å². The summed E-state index contributed by atoms with van der Waals surface area (Å²) < 4.78 is 12.0. The third-order valence-electron chi connectivity index (χ3n) is 8.41. The molecule has 3 aliphatic rings. The third-order valence-corrected chi connectivity index (χ3v) is 8.41. The second-order valence-corrected chi connectivity index (χ2v) is 11.0. The van der Waals surface area contributed by atoms with Crippen molar-refractivity contribution in [2.24, 2.45) is 17.8 Å². The number of rotatable bonds is 11. The van der Waals surface area contributed by atoms with Gasteiger partial charge in [0.15, 0.2) is 0 Å². The quantitative estimate of drug-likeness (QED) is 0.271. The number of carbonyl (C=O) groups excluding carboxylic acids is 3. The Kier molecular flexibility index (Phi) is 8.14. The summed E-state index contributed by atoms with van der Waals surface area (Å²) in [6.07, 6.45) is 4.38. The summed E-state index contributed by atoms with van der Waals surface area (Å²) >= 11 is 0. The zero-order valence-corrected chi connectivity index (χ0v) is 22.9. The molecule has 1 aromatic rings. The average molecular weight is 525 g/mol. The van der Waals surface area contributed by atoms with E-state index in [4.69, 9.17) is 9.47 Å². The van der Waals surface area contributed by atoms with Crippen LogP contribution in [0.1, 0.15) is 44.2 Å². The van der Waals surface area contributed by atoms with Gasteiger partial charge in [0.05, 0.1) is 37.2 Å². The van der Waals surface area contributed by atoms with Crippen molar-refractivity contribution in [3.63, 3.8) is 0 Å². The number of nitrogens with zero attached hydrogens (tertiary/aromatic N) is 2. The van der Waals surface area contributed by atoms with E-state index in [0.717, 1.165) is 16.8 Å². The average Bonchev–Trinajstić information content (AvgIpc) is 3.51. The van der Waals surface area contributed by atoms with Gasteiger partial charge in [-0.1, -0.05) is 44.2 Å². The Bertz CT molecular complexity index is 1100. The SMILES string of the molecule is C=CCCOC(=O)[C@@H]1[C@@H]2CCC3(O2)C(C(=O)N(CC=C)c2c(C)cccc2C)N([C@@H](CO)C(C)C)C(=O)[C@H]13. The molecule has 2 unspecified atom stereocenters. The Morgan fingerprint density at radius 3 is 2.53 bits per heavy atom. The van der Waals surface area contributed by atoms with Crippen LogP contribution < -0.4 is 4.90 Å². The van der Waals surface area contributed by atoms with Crippen LogP contribution in [-0.2, 0) is 23.9 Å². The van der Waals surface area contributed by atoms with Crippen molar-refractivity contribution in [1.29, 1.82) is 0 Å². The molecule has 3 saturated heterocycles. The number of para-hydroxylation sites is 1. The van der Waals surface area contributed by atoms with E-state index in [9.17, 15) is 19.5 Å². The van der Waals surface area contributed by atoms with E-state index < -0.39 is 41.6 Å². The number of hydrogen-bond acceptors (Lipinski definition) is 6. The standard InChI is InChI=1S/C30H40N2O6/c1-7-9-16-37-29(36)23-22-13-14-30(38-22)24(23)27(34)32(21(17-33)18(3)4)26(30)28(35)31(15-8-2)25-19(5)11-10-12-20(25)6/h7-8,10-12,18,21-24,26,33H,1-2,9,13-17H2,3-6H3/t21-,22-,23+,24-,26?,30?/m0/s1. The molecule has 2 amide bonds. The van der Waals surface area contributed by atoms with Crippen LogP contribution in [0, 0.1) is 31.6 Å². The number of aliphatic hydroxyl groups is 1. The van der Waals surface area contributed by atoms with Gasteiger partial charge in [-0.2, -0.15) is 0 Å². The van der Waals surface area contributed by atoms with Gasteiger partial charge >= 0.3 is 5.97 Å². The molecule has 38 heavy (non-hydrogen) atoms. The first-order valence-electron chi connectivity index (χ1n) is 13.5. The lowest BCUT2D eigenvalue weighted by Crippen LogP contribution is -2.60. The van der Waals surface area contributed by atoms with Gasteiger partial charge in [-0.05, 0) is 50.2 Å². The van der Waals surface area contributed by atoms with Crippen LogP contribution in [-0.4, -0.2) is 71.3 Å². The zero-order chi connectivity index (χ0) is 27.8. The van der Waals surface area contributed by atoms with E-state index in [-0.39, 0.29) is 37.5 Å². The number of amides is 2. The van der Waals surface area contributed by atoms with Crippen LogP contribution >= 0.6 is 0 Å². The Morgan fingerprint density at radius 2 is 1.95 bits per heavy atom. The highest BCUT2D eigenvalue weighted by Crippen LogP contribution is 2.59. The number of carbonyl (C=O) groups is 3. The summed E-state index contributed by atoms with van der Waals surface area (Å²) in [7, 11) is 0. The Hall–Kier alpha value is -2.97. The molecule has 206 valence electrons. The first-order chi connectivity index (χ1) is 18.1. The fraction of sp³-hybridized carbons (Fsp3) is 0.567. The Balaban J connectivity index is 1.82. The highest BCUT2D eigenvalue weighted by atomic mass is 16.6. The Labute approximate surface area is 225 Å². The van der Waals surface area contributed by atoms with E-state index in [2.05, 4.69) is 13.2 Å². The van der Waals surface area contributed by atoms with Gasteiger partial charge in [0.2, 0.25) is 5.91 Å². The summed E-state index contributed by atoms with van der Waals surface area (Å²) in [5, 5.41) is 10.4. The predicted octanol–water partition coefficient (Wildman–Crippen LogP) is 3.33. The molecular weight excluding hydrogens is 484 g/mol. The molecule has 0 aliphatic carbocycles. The molecule has 0 saturated carbocycles. The second-order valence-electron chi connectivity index (χ2n) is 11.0. The summed E-state index contributed by atoms with van der Waals surface area (Å²) in [6, 6.07) is 4.23. The van der Waals surface area contributed by atoms with Gasteiger partial charge < -0.3 is 24.4 Å². The number of ether oxygens (including phenoxy) is 2. The number of aliphatic hydroxyl groups excluding tert-OH is 1. The van der Waals surface area contributed by atoms with Crippen LogP contribution in [0.15, 0.2) is 43.5 Å². The molecule has 6 atom stereocenters. The third kappa shape index (κ3) is 4.37. The topological polar surface area (TPSA) is 96.4 Å². The van der Waals surface area contributed by atoms with Gasteiger partial charge in [-0.25, -0.2) is 0 Å². The van der Waals surface area contributed by atoms with Crippen LogP contribution in [0.3, 0.4) is 0 Å². The first-order valence-corrected chi connectivity index (χ1v) is 13.5. The number of esters is 1. The maximum absolute atomic E-state index is 14.6. The highest BCUT2D eigenvalue weighted by molar-refractivity contribution is 6.05. The molecule has 0 aromatic heterocycles. The molecule has 1 aromatic carbocycles. The lowest BCUT2D eigenvalue weighted by Gasteiger charge is -2.41. The zero-order valence-electron chi connectivity index (χ0n) is 22.9. The maximum Gasteiger partial charge on any atom is 0.312 e. The summed E-state index contributed by atoms with van der Waals surface area (Å²) in [5.74, 6) is -2.86. The van der Waals surface area contributed by atoms with Gasteiger partial charge in [0.25, 0.3) is 5.91 Å². The number of hydrogen-bond donors (Lipinski definition) is 1. The van der Waals surface area contributed by atoms with Crippen LogP contribution in [0.2, 0.25) is 0 Å². The van der Waals surface area contributed by atoms with E-state index in [1.807, 2.05) is 45.9 Å². The second kappa shape index (κ2) is 11.0. The molecule has 3 aliphatic heterocycles. The molecule has 8 heteroatoms. The molecule has 3 fully saturated rings. The van der Waals surface area contributed by atoms with E-state index in [0.29, 0.717) is 19.3 Å². The van der Waals surface area contributed by atoms with Crippen molar-refractivity contribution >= 4 is 23.5 Å². The minimum absolute atomic E-state index is 0.127. The van der Waals surface area contributed by atoms with Crippen LogP contribution in [0.4, 0.5) is 5.69 Å². The van der Waals surface area contributed by atoms with Gasteiger partial charge in [-0.3, -0.25) is 14.4 Å². The largest absolute Gasteiger partial charge is 0.465 e. The molecule has 0 radical (unpaired) electrons. The molecule has 8 nitrogen and oxygen atoms in total. The van der Waals surface area contributed by atoms with E-state index in [1.54, 1.807) is 17.1 Å². The van der Waals surface area contributed by atoms with E-state index >= 15 is 0 Å². The molecule has 4 rings (SSSR count). The van der Waals surface area contributed by atoms with Crippen LogP contribution in [0.25, 0.3) is 0 Å². The monoisotopic (exact) mass is 524 g/mol. The maximum atomic E-state index is 14.6. The normalized spacial score (nSPS) is 28.4. The van der Waals surface area contributed by atoms with Crippen LogP contribution in [0.5, 0.6) is 0 Å². The van der Waals surface area contributed by atoms with Crippen molar-refractivity contribution in [2.75, 3.05) is 24.7 Å². The van der Waals surface area contributed by atoms with Crippen molar-refractivity contribution in [2.45, 2.75) is 70.7 Å². The number of likely N-dealkylation sites (tertiary alicyclic amines) is 1. The van der Waals surface area contributed by atoms with Crippen molar-refractivity contribution in [3.05, 3.63) is 54.6 Å². The number of fused-ring (bicyclic) bond motifs is 1. The first kappa shape index (κ1) is 28.0. The van der Waals surface area contributed by atoms with Gasteiger partial charge in [0, 0.05) is 12.2 Å². The van der Waals surface area contributed by atoms with Gasteiger partial charge in [-0.15, -0.1) is 13.2 Å². The summed E-state index contributed by atoms with van der Waals surface area (Å²) in [4.78, 5) is 45.3. The fourth-order valence-corrected chi connectivity index (χ4v) is 6.75. The van der Waals surface area contributed by atoms with E-state index in [1.165, 1.54) is 4.90 Å². The smallest absolute Gasteiger partial charge is 0.312 e. The lowest BCUT2D eigenvalue weighted by atomic mass is 9.70. The molecule has 2 bridgehead atoms. The molecule has 3 heterocycles. The molecular formula is C30H40N2O6. The number of aryl methyl sites for hydroxylation is 2. The highest BCUT2D eigenvalue weighted by Gasteiger charge is 2.75. The Morgan fingerprint density at radius 1 is 1.26 bits per heavy atom.